The van der Waals surface area contributed by atoms with Crippen LogP contribution in [0.15, 0.2) is 36.8 Å². The van der Waals surface area contributed by atoms with Gasteiger partial charge in [0.15, 0.2) is 0 Å². The molecule has 5 heteroatoms. The SMILES string of the molecule is O=C([C@@H]1CCCN1)N1CCc2c(-c3ccncn3)cccc21. The van der Waals surface area contributed by atoms with Crippen molar-refractivity contribution in [2.75, 3.05) is 18.0 Å². The maximum atomic E-state index is 12.7. The maximum absolute atomic E-state index is 12.7. The summed E-state index contributed by atoms with van der Waals surface area (Å²) in [6.45, 7) is 1.70. The molecule has 1 aromatic heterocycles. The molecule has 4 rings (SSSR count). The van der Waals surface area contributed by atoms with Crippen LogP contribution < -0.4 is 10.2 Å². The molecule has 2 aliphatic rings. The Morgan fingerprint density at radius 2 is 2.27 bits per heavy atom. The third kappa shape index (κ3) is 2.18. The molecule has 0 aliphatic carbocycles. The number of hydrogen-bond acceptors (Lipinski definition) is 4. The van der Waals surface area contributed by atoms with Gasteiger partial charge in [-0.2, -0.15) is 0 Å². The molecule has 3 heterocycles. The Bertz CT molecular complexity index is 695. The van der Waals surface area contributed by atoms with Gasteiger partial charge in [-0.25, -0.2) is 9.97 Å². The first-order valence-electron chi connectivity index (χ1n) is 7.77. The van der Waals surface area contributed by atoms with Crippen LogP contribution in [0.1, 0.15) is 18.4 Å². The van der Waals surface area contributed by atoms with Gasteiger partial charge in [0.1, 0.15) is 6.33 Å². The van der Waals surface area contributed by atoms with Gasteiger partial charge in [0.2, 0.25) is 5.91 Å². The van der Waals surface area contributed by atoms with Gasteiger partial charge in [0.05, 0.1) is 11.7 Å². The minimum Gasteiger partial charge on any atom is -0.310 e. The lowest BCUT2D eigenvalue weighted by molar-refractivity contribution is -0.120. The van der Waals surface area contributed by atoms with Crippen molar-refractivity contribution in [3.63, 3.8) is 0 Å². The minimum atomic E-state index is -0.0198. The van der Waals surface area contributed by atoms with Crippen molar-refractivity contribution >= 4 is 11.6 Å². The first-order valence-corrected chi connectivity index (χ1v) is 7.77. The average molecular weight is 294 g/mol. The van der Waals surface area contributed by atoms with E-state index in [1.165, 1.54) is 5.56 Å². The minimum absolute atomic E-state index is 0.0198. The van der Waals surface area contributed by atoms with Crippen molar-refractivity contribution in [3.8, 4) is 11.3 Å². The van der Waals surface area contributed by atoms with Gasteiger partial charge in [-0.05, 0) is 43.5 Å². The van der Waals surface area contributed by atoms with Crippen LogP contribution in [0.4, 0.5) is 5.69 Å². The molecule has 0 unspecified atom stereocenters. The first kappa shape index (κ1) is 13.4. The van der Waals surface area contributed by atoms with Crippen LogP contribution in [0, 0.1) is 0 Å². The van der Waals surface area contributed by atoms with E-state index in [9.17, 15) is 4.79 Å². The molecule has 5 nitrogen and oxygen atoms in total. The number of carbonyl (C=O) groups excluding carboxylic acids is 1. The van der Waals surface area contributed by atoms with E-state index >= 15 is 0 Å². The number of benzene rings is 1. The third-order valence-electron chi connectivity index (χ3n) is 4.51. The standard InChI is InChI=1S/C17H18N4O/c22-17(15-4-2-8-19-15)21-10-7-13-12(3-1-5-16(13)21)14-6-9-18-11-20-14/h1,3,5-6,9,11,15,19H,2,4,7-8,10H2/t15-/m0/s1. The highest BCUT2D eigenvalue weighted by Gasteiger charge is 2.32. The van der Waals surface area contributed by atoms with Crippen molar-refractivity contribution in [1.29, 1.82) is 0 Å². The quantitative estimate of drug-likeness (QED) is 0.917. The maximum Gasteiger partial charge on any atom is 0.244 e. The summed E-state index contributed by atoms with van der Waals surface area (Å²) >= 11 is 0. The summed E-state index contributed by atoms with van der Waals surface area (Å²) in [5.74, 6) is 0.205. The number of aromatic nitrogens is 2. The molecule has 0 spiro atoms. The molecule has 1 fully saturated rings. The van der Waals surface area contributed by atoms with Gasteiger partial charge >= 0.3 is 0 Å². The predicted molar refractivity (Wildman–Crippen MR) is 84.5 cm³/mol. The zero-order valence-electron chi connectivity index (χ0n) is 12.3. The topological polar surface area (TPSA) is 58.1 Å². The summed E-state index contributed by atoms with van der Waals surface area (Å²) in [4.78, 5) is 23.0. The van der Waals surface area contributed by atoms with Crippen LogP contribution >= 0.6 is 0 Å². The molecule has 1 saturated heterocycles. The van der Waals surface area contributed by atoms with Crippen LogP contribution in [0.5, 0.6) is 0 Å². The second-order valence-electron chi connectivity index (χ2n) is 5.79. The second kappa shape index (κ2) is 5.50. The Morgan fingerprint density at radius 1 is 1.32 bits per heavy atom. The smallest absolute Gasteiger partial charge is 0.244 e. The predicted octanol–water partition coefficient (Wildman–Crippen LogP) is 1.78. The third-order valence-corrected chi connectivity index (χ3v) is 4.51. The van der Waals surface area contributed by atoms with Crippen molar-refractivity contribution in [1.82, 2.24) is 15.3 Å². The Labute approximate surface area is 129 Å². The molecule has 112 valence electrons. The molecule has 0 saturated carbocycles. The molecule has 1 aromatic carbocycles. The van der Waals surface area contributed by atoms with Crippen molar-refractivity contribution in [2.24, 2.45) is 0 Å². The summed E-state index contributed by atoms with van der Waals surface area (Å²) < 4.78 is 0. The van der Waals surface area contributed by atoms with Crippen molar-refractivity contribution in [3.05, 3.63) is 42.4 Å². The zero-order valence-corrected chi connectivity index (χ0v) is 12.3. The highest BCUT2D eigenvalue weighted by atomic mass is 16.2. The second-order valence-corrected chi connectivity index (χ2v) is 5.79. The van der Waals surface area contributed by atoms with Crippen LogP contribution in [0.2, 0.25) is 0 Å². The number of anilines is 1. The van der Waals surface area contributed by atoms with Crippen molar-refractivity contribution < 1.29 is 4.79 Å². The van der Waals surface area contributed by atoms with Gasteiger partial charge in [-0.1, -0.05) is 12.1 Å². The van der Waals surface area contributed by atoms with Gasteiger partial charge in [0.25, 0.3) is 0 Å². The fourth-order valence-corrected chi connectivity index (χ4v) is 3.44. The monoisotopic (exact) mass is 294 g/mol. The molecule has 0 radical (unpaired) electrons. The summed E-state index contributed by atoms with van der Waals surface area (Å²) in [5, 5.41) is 3.30. The Hall–Kier alpha value is -2.27. The molecule has 0 bridgehead atoms. The van der Waals surface area contributed by atoms with E-state index in [-0.39, 0.29) is 11.9 Å². The van der Waals surface area contributed by atoms with E-state index < -0.39 is 0 Å². The number of hydrogen-bond donors (Lipinski definition) is 1. The molecular weight excluding hydrogens is 276 g/mol. The lowest BCUT2D eigenvalue weighted by Gasteiger charge is -2.21. The fraction of sp³-hybridized carbons (Fsp3) is 0.353. The van der Waals surface area contributed by atoms with E-state index in [2.05, 4.69) is 21.4 Å². The van der Waals surface area contributed by atoms with E-state index in [0.717, 1.165) is 49.3 Å². The number of nitrogens with one attached hydrogen (secondary N) is 1. The molecular formula is C17H18N4O. The lowest BCUT2D eigenvalue weighted by Crippen LogP contribution is -2.42. The lowest BCUT2D eigenvalue weighted by atomic mass is 10.0. The average Bonchev–Trinajstić information content (AvgIpc) is 3.24. The number of carbonyl (C=O) groups is 1. The van der Waals surface area contributed by atoms with Crippen molar-refractivity contribution in [2.45, 2.75) is 25.3 Å². The summed E-state index contributed by atoms with van der Waals surface area (Å²) in [7, 11) is 0. The first-order chi connectivity index (χ1) is 10.8. The molecule has 2 aromatic rings. The number of rotatable bonds is 2. The van der Waals surface area contributed by atoms with E-state index in [1.54, 1.807) is 12.5 Å². The van der Waals surface area contributed by atoms with Crippen LogP contribution in [0.25, 0.3) is 11.3 Å². The summed E-state index contributed by atoms with van der Waals surface area (Å²) in [5.41, 5.74) is 4.28. The molecule has 2 aliphatic heterocycles. The molecule has 1 amide bonds. The Morgan fingerprint density at radius 3 is 3.05 bits per heavy atom. The van der Waals surface area contributed by atoms with Gasteiger partial charge in [-0.15, -0.1) is 0 Å². The van der Waals surface area contributed by atoms with Gasteiger partial charge < -0.3 is 10.2 Å². The van der Waals surface area contributed by atoms with Crippen LogP contribution in [-0.4, -0.2) is 35.0 Å². The van der Waals surface area contributed by atoms with Crippen LogP contribution in [-0.2, 0) is 11.2 Å². The zero-order chi connectivity index (χ0) is 14.9. The number of fused-ring (bicyclic) bond motifs is 1. The largest absolute Gasteiger partial charge is 0.310 e. The Balaban J connectivity index is 1.70. The van der Waals surface area contributed by atoms with E-state index in [4.69, 9.17) is 0 Å². The van der Waals surface area contributed by atoms with Gasteiger partial charge in [-0.3, -0.25) is 4.79 Å². The highest BCUT2D eigenvalue weighted by molar-refractivity contribution is 6.00. The van der Waals surface area contributed by atoms with E-state index in [1.807, 2.05) is 23.1 Å². The molecule has 22 heavy (non-hydrogen) atoms. The Kier molecular flexibility index (Phi) is 3.35. The van der Waals surface area contributed by atoms with Crippen LogP contribution in [0.3, 0.4) is 0 Å². The highest BCUT2D eigenvalue weighted by Crippen LogP contribution is 2.35. The number of nitrogens with zero attached hydrogens (tertiary/aromatic N) is 3. The summed E-state index contributed by atoms with van der Waals surface area (Å²) in [6, 6.07) is 8.01. The fourth-order valence-electron chi connectivity index (χ4n) is 3.44. The molecule has 1 atom stereocenters. The molecule has 1 N–H and O–H groups in total. The van der Waals surface area contributed by atoms with Gasteiger partial charge in [0, 0.05) is 24.0 Å². The van der Waals surface area contributed by atoms with E-state index in [0.29, 0.717) is 0 Å². The normalized spacial score (nSPS) is 20.2. The number of amides is 1. The summed E-state index contributed by atoms with van der Waals surface area (Å²) in [6.07, 6.45) is 6.22.